The normalized spacial score (nSPS) is 11.1. The van der Waals surface area contributed by atoms with Gasteiger partial charge in [-0.1, -0.05) is 13.8 Å². The van der Waals surface area contributed by atoms with Crippen LogP contribution in [0.15, 0.2) is 18.2 Å². The molecule has 0 aliphatic carbocycles. The minimum absolute atomic E-state index is 0.0640. The highest BCUT2D eigenvalue weighted by atomic mass is 16.2. The summed E-state index contributed by atoms with van der Waals surface area (Å²) in [7, 11) is 0. The first-order valence-corrected chi connectivity index (χ1v) is 6.49. The van der Waals surface area contributed by atoms with Crippen LogP contribution in [-0.4, -0.2) is 23.4 Å². The number of nitrogen functional groups attached to an aromatic ring is 1. The van der Waals surface area contributed by atoms with Crippen molar-refractivity contribution in [3.8, 4) is 0 Å². The average Bonchev–Trinajstić information content (AvgIpc) is 2.23. The van der Waals surface area contributed by atoms with E-state index in [0.717, 1.165) is 12.1 Å². The largest absolute Gasteiger partial charge is 0.399 e. The number of rotatable bonds is 4. The Balaban J connectivity index is 3.01. The van der Waals surface area contributed by atoms with Crippen molar-refractivity contribution in [2.75, 3.05) is 12.3 Å². The lowest BCUT2D eigenvalue weighted by atomic mass is 10.1. The molecule has 0 fully saturated rings. The van der Waals surface area contributed by atoms with E-state index in [-0.39, 0.29) is 11.9 Å². The van der Waals surface area contributed by atoms with E-state index in [1.807, 2.05) is 37.8 Å². The molecule has 3 nitrogen and oxygen atoms in total. The third-order valence-electron chi connectivity index (χ3n) is 2.79. The van der Waals surface area contributed by atoms with Gasteiger partial charge in [0.15, 0.2) is 0 Å². The molecule has 100 valence electrons. The van der Waals surface area contributed by atoms with Crippen LogP contribution in [0.4, 0.5) is 5.69 Å². The minimum Gasteiger partial charge on any atom is -0.399 e. The summed E-state index contributed by atoms with van der Waals surface area (Å²) in [6, 6.07) is 5.72. The maximum Gasteiger partial charge on any atom is 0.254 e. The number of nitrogens with two attached hydrogens (primary N) is 1. The van der Waals surface area contributed by atoms with E-state index in [9.17, 15) is 4.79 Å². The third kappa shape index (κ3) is 3.76. The predicted octanol–water partition coefficient (Wildman–Crippen LogP) is 3.08. The van der Waals surface area contributed by atoms with Crippen LogP contribution in [0.1, 0.15) is 43.6 Å². The van der Waals surface area contributed by atoms with Gasteiger partial charge in [0.1, 0.15) is 0 Å². The van der Waals surface area contributed by atoms with Crippen LogP contribution in [-0.2, 0) is 0 Å². The minimum atomic E-state index is 0.0640. The Morgan fingerprint density at radius 1 is 1.22 bits per heavy atom. The maximum atomic E-state index is 12.5. The smallest absolute Gasteiger partial charge is 0.254 e. The molecule has 0 bridgehead atoms. The maximum absolute atomic E-state index is 12.5. The molecule has 0 aliphatic heterocycles. The SMILES string of the molecule is Cc1cc(N)cc(C(=O)N(CC(C)C)C(C)C)c1. The van der Waals surface area contributed by atoms with Crippen LogP contribution < -0.4 is 5.73 Å². The van der Waals surface area contributed by atoms with Gasteiger partial charge >= 0.3 is 0 Å². The second-order valence-corrected chi connectivity index (χ2v) is 5.58. The molecule has 0 radical (unpaired) electrons. The van der Waals surface area contributed by atoms with E-state index in [2.05, 4.69) is 13.8 Å². The molecule has 1 amide bonds. The molecule has 0 aromatic heterocycles. The van der Waals surface area contributed by atoms with Gasteiger partial charge < -0.3 is 10.6 Å². The van der Waals surface area contributed by atoms with E-state index >= 15 is 0 Å². The molecule has 1 rings (SSSR count). The first kappa shape index (κ1) is 14.6. The molecule has 3 heteroatoms. The zero-order chi connectivity index (χ0) is 13.9. The van der Waals surface area contributed by atoms with Crippen molar-refractivity contribution in [3.05, 3.63) is 29.3 Å². The monoisotopic (exact) mass is 248 g/mol. The second kappa shape index (κ2) is 5.89. The van der Waals surface area contributed by atoms with E-state index < -0.39 is 0 Å². The molecule has 0 atom stereocenters. The van der Waals surface area contributed by atoms with Crippen LogP contribution >= 0.6 is 0 Å². The zero-order valence-corrected chi connectivity index (χ0v) is 12.0. The van der Waals surface area contributed by atoms with Crippen molar-refractivity contribution in [2.45, 2.75) is 40.7 Å². The zero-order valence-electron chi connectivity index (χ0n) is 12.0. The lowest BCUT2D eigenvalue weighted by molar-refractivity contribution is 0.0682. The first-order chi connectivity index (χ1) is 8.31. The fraction of sp³-hybridized carbons (Fsp3) is 0.533. The topological polar surface area (TPSA) is 46.3 Å². The van der Waals surface area contributed by atoms with Crippen LogP contribution in [0.5, 0.6) is 0 Å². The lowest BCUT2D eigenvalue weighted by Gasteiger charge is -2.28. The van der Waals surface area contributed by atoms with Gasteiger partial charge in [0.25, 0.3) is 5.91 Å². The highest BCUT2D eigenvalue weighted by molar-refractivity contribution is 5.95. The molecule has 0 spiro atoms. The summed E-state index contributed by atoms with van der Waals surface area (Å²) in [4.78, 5) is 14.4. The molecule has 0 unspecified atom stereocenters. The molecule has 0 heterocycles. The Labute approximate surface area is 110 Å². The van der Waals surface area contributed by atoms with Gasteiger partial charge in [-0.2, -0.15) is 0 Å². The van der Waals surface area contributed by atoms with Crippen molar-refractivity contribution < 1.29 is 4.79 Å². The summed E-state index contributed by atoms with van der Waals surface area (Å²) in [6.07, 6.45) is 0. The summed E-state index contributed by atoms with van der Waals surface area (Å²) >= 11 is 0. The Hall–Kier alpha value is -1.51. The van der Waals surface area contributed by atoms with Crippen molar-refractivity contribution in [1.82, 2.24) is 4.90 Å². The number of hydrogen-bond donors (Lipinski definition) is 1. The van der Waals surface area contributed by atoms with Crippen molar-refractivity contribution in [3.63, 3.8) is 0 Å². The standard InChI is InChI=1S/C15H24N2O/c1-10(2)9-17(11(3)4)15(18)13-6-12(5)7-14(16)8-13/h6-8,10-11H,9,16H2,1-5H3. The Morgan fingerprint density at radius 3 is 2.28 bits per heavy atom. The first-order valence-electron chi connectivity index (χ1n) is 6.49. The number of nitrogens with zero attached hydrogens (tertiary/aromatic N) is 1. The van der Waals surface area contributed by atoms with E-state index in [1.165, 1.54) is 0 Å². The van der Waals surface area contributed by atoms with E-state index in [1.54, 1.807) is 6.07 Å². The number of hydrogen-bond acceptors (Lipinski definition) is 2. The average molecular weight is 248 g/mol. The van der Waals surface area contributed by atoms with E-state index in [4.69, 9.17) is 5.73 Å². The number of anilines is 1. The molecule has 0 saturated carbocycles. The van der Waals surface area contributed by atoms with Crippen LogP contribution in [0.3, 0.4) is 0 Å². The fourth-order valence-corrected chi connectivity index (χ4v) is 2.02. The van der Waals surface area contributed by atoms with Gasteiger partial charge in [-0.25, -0.2) is 0 Å². The summed E-state index contributed by atoms with van der Waals surface area (Å²) < 4.78 is 0. The quantitative estimate of drug-likeness (QED) is 0.832. The van der Waals surface area contributed by atoms with Crippen LogP contribution in [0, 0.1) is 12.8 Å². The van der Waals surface area contributed by atoms with Gasteiger partial charge in [0.2, 0.25) is 0 Å². The van der Waals surface area contributed by atoms with Crippen molar-refractivity contribution in [1.29, 1.82) is 0 Å². The fourth-order valence-electron chi connectivity index (χ4n) is 2.02. The van der Waals surface area contributed by atoms with Gasteiger partial charge in [0, 0.05) is 23.8 Å². The highest BCUT2D eigenvalue weighted by Gasteiger charge is 2.20. The highest BCUT2D eigenvalue weighted by Crippen LogP contribution is 2.16. The van der Waals surface area contributed by atoms with Crippen molar-refractivity contribution in [2.24, 2.45) is 5.92 Å². The molecule has 1 aromatic carbocycles. The molecular formula is C15H24N2O. The van der Waals surface area contributed by atoms with Gasteiger partial charge in [-0.05, 0) is 50.5 Å². The lowest BCUT2D eigenvalue weighted by Crippen LogP contribution is -2.39. The number of benzene rings is 1. The number of amides is 1. The summed E-state index contributed by atoms with van der Waals surface area (Å²) in [6.45, 7) is 11.0. The molecule has 0 saturated heterocycles. The third-order valence-corrected chi connectivity index (χ3v) is 2.79. The summed E-state index contributed by atoms with van der Waals surface area (Å²) in [5, 5.41) is 0. The summed E-state index contributed by atoms with van der Waals surface area (Å²) in [5.41, 5.74) is 8.15. The van der Waals surface area contributed by atoms with Crippen molar-refractivity contribution >= 4 is 11.6 Å². The molecule has 1 aromatic rings. The second-order valence-electron chi connectivity index (χ2n) is 5.58. The Bertz CT molecular complexity index is 404. The molecule has 18 heavy (non-hydrogen) atoms. The predicted molar refractivity (Wildman–Crippen MR) is 76.6 cm³/mol. The van der Waals surface area contributed by atoms with Crippen LogP contribution in [0.2, 0.25) is 0 Å². The van der Waals surface area contributed by atoms with Gasteiger partial charge in [-0.15, -0.1) is 0 Å². The molecular weight excluding hydrogens is 224 g/mol. The number of aryl methyl sites for hydroxylation is 1. The Morgan fingerprint density at radius 2 is 1.83 bits per heavy atom. The van der Waals surface area contributed by atoms with Gasteiger partial charge in [-0.3, -0.25) is 4.79 Å². The van der Waals surface area contributed by atoms with E-state index in [0.29, 0.717) is 17.2 Å². The van der Waals surface area contributed by atoms with Gasteiger partial charge in [0.05, 0.1) is 0 Å². The summed E-state index contributed by atoms with van der Waals surface area (Å²) in [5.74, 6) is 0.521. The number of carbonyl (C=O) groups excluding carboxylic acids is 1. The Kier molecular flexibility index (Phi) is 4.76. The molecule has 2 N–H and O–H groups in total. The van der Waals surface area contributed by atoms with Crippen LogP contribution in [0.25, 0.3) is 0 Å². The molecule has 0 aliphatic rings. The number of carbonyl (C=O) groups is 1.